The Morgan fingerprint density at radius 3 is 2.32 bits per heavy atom. The number of guanidine groups is 1. The lowest BCUT2D eigenvalue weighted by Gasteiger charge is -2.22. The second-order valence-corrected chi connectivity index (χ2v) is 4.52. The van der Waals surface area contributed by atoms with Crippen molar-refractivity contribution < 1.29 is 17.9 Å². The van der Waals surface area contributed by atoms with Gasteiger partial charge in [0.15, 0.2) is 5.96 Å². The molecule has 0 radical (unpaired) electrons. The largest absolute Gasteiger partial charge is 0.416 e. The summed E-state index contributed by atoms with van der Waals surface area (Å²) < 4.78 is 42.4. The maximum atomic E-state index is 12.5. The van der Waals surface area contributed by atoms with Gasteiger partial charge in [0.1, 0.15) is 0 Å². The number of halogens is 4. The summed E-state index contributed by atoms with van der Waals surface area (Å²) in [5.74, 6) is 0.659. The lowest BCUT2D eigenvalue weighted by atomic mass is 10.1. The van der Waals surface area contributed by atoms with E-state index < -0.39 is 11.7 Å². The van der Waals surface area contributed by atoms with Gasteiger partial charge in [-0.3, -0.25) is 4.99 Å². The minimum atomic E-state index is -4.30. The Hall–Kier alpha value is -1.03. The van der Waals surface area contributed by atoms with Gasteiger partial charge in [-0.25, -0.2) is 0 Å². The Balaban J connectivity index is 0.00000441. The molecule has 0 heterocycles. The molecule has 0 aliphatic heterocycles. The van der Waals surface area contributed by atoms with Crippen LogP contribution < -0.4 is 5.32 Å². The Bertz CT molecular complexity index is 463. The second kappa shape index (κ2) is 9.88. The number of benzene rings is 1. The highest BCUT2D eigenvalue weighted by molar-refractivity contribution is 14.0. The zero-order valence-corrected chi connectivity index (χ0v) is 15.1. The molecule has 4 nitrogen and oxygen atoms in total. The molecule has 0 aliphatic carbocycles. The fourth-order valence-corrected chi connectivity index (χ4v) is 1.80. The van der Waals surface area contributed by atoms with E-state index in [0.29, 0.717) is 25.7 Å². The van der Waals surface area contributed by atoms with E-state index >= 15 is 0 Å². The molecule has 0 amide bonds. The maximum absolute atomic E-state index is 12.5. The number of rotatable bonds is 5. The third-order valence-corrected chi connectivity index (χ3v) is 2.86. The number of hydrogen-bond donors (Lipinski definition) is 1. The standard InChI is InChI=1S/C14H20F3N3O.HI/c1-18-13(19-8-9-21-3)20(2)10-11-4-6-12(7-5-11)14(15,16)17;/h4-7H,8-10H2,1-3H3,(H,18,19);1H. The lowest BCUT2D eigenvalue weighted by molar-refractivity contribution is -0.137. The van der Waals surface area contributed by atoms with Crippen LogP contribution in [0.2, 0.25) is 0 Å². The molecule has 0 fully saturated rings. The van der Waals surface area contributed by atoms with E-state index in [4.69, 9.17) is 4.74 Å². The Morgan fingerprint density at radius 1 is 1.27 bits per heavy atom. The summed E-state index contributed by atoms with van der Waals surface area (Å²) in [5.41, 5.74) is 0.136. The first kappa shape index (κ1) is 21.0. The molecule has 0 aliphatic rings. The zero-order chi connectivity index (χ0) is 15.9. The van der Waals surface area contributed by atoms with E-state index in [1.54, 1.807) is 14.2 Å². The van der Waals surface area contributed by atoms with Crippen molar-refractivity contribution in [2.24, 2.45) is 4.99 Å². The van der Waals surface area contributed by atoms with Gasteiger partial charge in [-0.1, -0.05) is 12.1 Å². The number of alkyl halides is 3. The first-order chi connectivity index (χ1) is 9.88. The Kier molecular flexibility index (Phi) is 9.42. The van der Waals surface area contributed by atoms with E-state index in [2.05, 4.69) is 10.3 Å². The van der Waals surface area contributed by atoms with Gasteiger partial charge in [-0.05, 0) is 17.7 Å². The third-order valence-electron chi connectivity index (χ3n) is 2.86. The topological polar surface area (TPSA) is 36.9 Å². The molecule has 0 spiro atoms. The molecule has 22 heavy (non-hydrogen) atoms. The molecule has 0 saturated heterocycles. The predicted molar refractivity (Wildman–Crippen MR) is 91.6 cm³/mol. The van der Waals surface area contributed by atoms with Crippen LogP contribution in [0.5, 0.6) is 0 Å². The Morgan fingerprint density at radius 2 is 1.86 bits per heavy atom. The molecule has 0 aromatic heterocycles. The van der Waals surface area contributed by atoms with Crippen LogP contribution in [0, 0.1) is 0 Å². The molecule has 0 unspecified atom stereocenters. The highest BCUT2D eigenvalue weighted by Crippen LogP contribution is 2.29. The van der Waals surface area contributed by atoms with Gasteiger partial charge in [0.2, 0.25) is 0 Å². The van der Waals surface area contributed by atoms with Gasteiger partial charge in [0, 0.05) is 34.3 Å². The van der Waals surface area contributed by atoms with Crippen LogP contribution in [0.15, 0.2) is 29.3 Å². The summed E-state index contributed by atoms with van der Waals surface area (Å²) in [6, 6.07) is 5.12. The van der Waals surface area contributed by atoms with Crippen molar-refractivity contribution in [1.82, 2.24) is 10.2 Å². The lowest BCUT2D eigenvalue weighted by Crippen LogP contribution is -2.39. The summed E-state index contributed by atoms with van der Waals surface area (Å²) in [4.78, 5) is 5.94. The van der Waals surface area contributed by atoms with Crippen LogP contribution in [-0.4, -0.2) is 45.2 Å². The summed E-state index contributed by atoms with van der Waals surface area (Å²) in [6.45, 7) is 1.62. The van der Waals surface area contributed by atoms with Crippen molar-refractivity contribution >= 4 is 29.9 Å². The van der Waals surface area contributed by atoms with Gasteiger partial charge in [0.05, 0.1) is 12.2 Å². The van der Waals surface area contributed by atoms with Crippen LogP contribution in [0.4, 0.5) is 13.2 Å². The van der Waals surface area contributed by atoms with Crippen LogP contribution in [-0.2, 0) is 17.5 Å². The summed E-state index contributed by atoms with van der Waals surface area (Å²) in [6.07, 6.45) is -4.30. The number of aliphatic imine (C=N–C) groups is 1. The van der Waals surface area contributed by atoms with E-state index in [9.17, 15) is 13.2 Å². The van der Waals surface area contributed by atoms with E-state index in [1.807, 2.05) is 11.9 Å². The highest BCUT2D eigenvalue weighted by Gasteiger charge is 2.29. The van der Waals surface area contributed by atoms with Crippen molar-refractivity contribution in [3.63, 3.8) is 0 Å². The molecule has 1 aromatic carbocycles. The van der Waals surface area contributed by atoms with Crippen LogP contribution in [0.1, 0.15) is 11.1 Å². The van der Waals surface area contributed by atoms with Crippen molar-refractivity contribution in [2.75, 3.05) is 34.4 Å². The maximum Gasteiger partial charge on any atom is 0.416 e. The summed E-state index contributed by atoms with van der Waals surface area (Å²) in [5, 5.41) is 3.10. The fraction of sp³-hybridized carbons (Fsp3) is 0.500. The van der Waals surface area contributed by atoms with Gasteiger partial charge >= 0.3 is 6.18 Å². The van der Waals surface area contributed by atoms with Crippen molar-refractivity contribution in [3.8, 4) is 0 Å². The van der Waals surface area contributed by atoms with Crippen molar-refractivity contribution in [3.05, 3.63) is 35.4 Å². The second-order valence-electron chi connectivity index (χ2n) is 4.52. The highest BCUT2D eigenvalue weighted by atomic mass is 127. The van der Waals surface area contributed by atoms with Crippen molar-refractivity contribution in [1.29, 1.82) is 0 Å². The molecular formula is C14H21F3IN3O. The average Bonchev–Trinajstić information content (AvgIpc) is 2.43. The molecule has 1 N–H and O–H groups in total. The van der Waals surface area contributed by atoms with Crippen LogP contribution >= 0.6 is 24.0 Å². The fourth-order valence-electron chi connectivity index (χ4n) is 1.80. The van der Waals surface area contributed by atoms with E-state index in [1.165, 1.54) is 12.1 Å². The SMILES string of the molecule is CN=C(NCCOC)N(C)Cc1ccc(C(F)(F)F)cc1.I. The summed E-state index contributed by atoms with van der Waals surface area (Å²) in [7, 11) is 5.08. The number of methoxy groups -OCH3 is 1. The molecule has 0 saturated carbocycles. The zero-order valence-electron chi connectivity index (χ0n) is 12.8. The van der Waals surface area contributed by atoms with Gasteiger partial charge < -0.3 is 15.0 Å². The first-order valence-electron chi connectivity index (χ1n) is 6.45. The minimum absolute atomic E-state index is 0. The smallest absolute Gasteiger partial charge is 0.383 e. The van der Waals surface area contributed by atoms with E-state index in [-0.39, 0.29) is 24.0 Å². The van der Waals surface area contributed by atoms with Crippen LogP contribution in [0.25, 0.3) is 0 Å². The monoisotopic (exact) mass is 431 g/mol. The number of ether oxygens (including phenoxy) is 1. The predicted octanol–water partition coefficient (Wildman–Crippen LogP) is 2.98. The normalized spacial score (nSPS) is 11.8. The number of nitrogens with zero attached hydrogens (tertiary/aromatic N) is 2. The average molecular weight is 431 g/mol. The van der Waals surface area contributed by atoms with Crippen molar-refractivity contribution in [2.45, 2.75) is 12.7 Å². The number of hydrogen-bond acceptors (Lipinski definition) is 2. The summed E-state index contributed by atoms with van der Waals surface area (Å²) >= 11 is 0. The molecule has 0 bridgehead atoms. The van der Waals surface area contributed by atoms with Gasteiger partial charge in [0.25, 0.3) is 0 Å². The Labute approximate surface area is 145 Å². The minimum Gasteiger partial charge on any atom is -0.383 e. The molecule has 0 atom stereocenters. The van der Waals surface area contributed by atoms with Gasteiger partial charge in [-0.15, -0.1) is 24.0 Å². The first-order valence-corrected chi connectivity index (χ1v) is 6.45. The molecular weight excluding hydrogens is 410 g/mol. The molecule has 1 aromatic rings. The van der Waals surface area contributed by atoms with Crippen LogP contribution in [0.3, 0.4) is 0 Å². The van der Waals surface area contributed by atoms with Gasteiger partial charge in [-0.2, -0.15) is 13.2 Å². The molecule has 126 valence electrons. The quantitative estimate of drug-likeness (QED) is 0.337. The molecule has 1 rings (SSSR count). The molecule has 8 heteroatoms. The number of nitrogens with one attached hydrogen (secondary N) is 1. The van der Waals surface area contributed by atoms with E-state index in [0.717, 1.165) is 17.7 Å². The third kappa shape index (κ3) is 6.82.